The van der Waals surface area contributed by atoms with Crippen LogP contribution in [-0.2, 0) is 46.2 Å². The molecule has 190 valence electrons. The van der Waals surface area contributed by atoms with Crippen molar-refractivity contribution in [2.75, 3.05) is 0 Å². The second-order valence-electron chi connectivity index (χ2n) is 2.64. The van der Waals surface area contributed by atoms with E-state index in [-0.39, 0.29) is 110 Å². The van der Waals surface area contributed by atoms with Crippen LogP contribution in [0, 0.1) is 0 Å². The van der Waals surface area contributed by atoms with Crippen molar-refractivity contribution in [2.45, 2.75) is 0 Å². The molecule has 0 aromatic carbocycles. The Morgan fingerprint density at radius 2 is 0.382 bits per heavy atom. The minimum atomic E-state index is -5.09. The van der Waals surface area contributed by atoms with Crippen LogP contribution in [-0.4, -0.2) is 136 Å². The van der Waals surface area contributed by atoms with Crippen molar-refractivity contribution in [1.82, 2.24) is 0 Å². The predicted octanol–water partition coefficient (Wildman–Crippen LogP) is -10.00. The molecule has 0 heterocycles. The van der Waals surface area contributed by atoms with Crippen LogP contribution in [0.3, 0.4) is 0 Å². The monoisotopic (exact) mass is 694 g/mol. The minimum Gasteiger partial charge on any atom is -0.788 e. The van der Waals surface area contributed by atoms with Gasteiger partial charge in [-0.2, -0.15) is 0 Å². The Balaban J connectivity index is -0.0000000319. The summed E-state index contributed by atoms with van der Waals surface area (Å²) in [5.41, 5.74) is 0. The molecule has 34 heavy (non-hydrogen) atoms. The fourth-order valence-electron chi connectivity index (χ4n) is 0. The molecule has 0 aliphatic heterocycles. The smallest absolute Gasteiger partial charge is 0.788 e. The topological polar surface area (TPSA) is 463 Å². The fourth-order valence-corrected chi connectivity index (χ4v) is 0. The van der Waals surface area contributed by atoms with E-state index in [2.05, 4.69) is 23.4 Å². The Bertz CT molecular complexity index is 490. The summed E-state index contributed by atoms with van der Waals surface area (Å²) in [6.07, 6.45) is 0. The molecule has 0 rings (SSSR count). The second kappa shape index (κ2) is 31.5. The molecule has 0 fully saturated rings. The van der Waals surface area contributed by atoms with Crippen molar-refractivity contribution in [3.05, 3.63) is 0 Å². The van der Waals surface area contributed by atoms with E-state index >= 15 is 0 Å². The minimum absolute atomic E-state index is 0. The van der Waals surface area contributed by atoms with Crippen LogP contribution in [0.1, 0.15) is 0 Å². The summed E-state index contributed by atoms with van der Waals surface area (Å²) in [6, 6.07) is 0. The first kappa shape index (κ1) is 61.8. The Morgan fingerprint density at radius 3 is 0.382 bits per heavy atom. The number of hydrogen-bond donors (Lipinski definition) is 5. The van der Waals surface area contributed by atoms with Gasteiger partial charge in [0.05, 0.1) is 39.1 Å². The summed E-state index contributed by atoms with van der Waals surface area (Å²) in [5, 5.41) is 35.1. The third-order valence-corrected chi connectivity index (χ3v) is 1.50. The van der Waals surface area contributed by atoms with Crippen molar-refractivity contribution in [1.29, 1.82) is 0 Å². The first-order valence-corrected chi connectivity index (χ1v) is 11.9. The van der Waals surface area contributed by atoms with E-state index < -0.39 is 39.1 Å². The van der Waals surface area contributed by atoms with Crippen molar-refractivity contribution in [3.63, 3.8) is 0 Å². The molecule has 34 heteroatoms. The molecule has 0 radical (unpaired) electrons. The largest absolute Gasteiger partial charge is 3.00 e. The van der Waals surface area contributed by atoms with Crippen LogP contribution < -0.4 is 48.9 Å². The van der Waals surface area contributed by atoms with Gasteiger partial charge in [-0.3, -0.25) is 0 Å². The summed E-state index contributed by atoms with van der Waals surface area (Å²) in [5.74, 6) is 0. The SMILES string of the molecule is O=P([O-])([O-])OO.O=P([O-])([O-])OO.O=P([O-])([O-])OO.O=P([O-])([O-])OO.O=P([O-])([O-])OO.[Al+3].[Al+3].[Ca+2].[Ca+2]. The van der Waals surface area contributed by atoms with E-state index in [1.165, 1.54) is 0 Å². The van der Waals surface area contributed by atoms with Gasteiger partial charge in [0.25, 0.3) is 0 Å². The van der Waals surface area contributed by atoms with Gasteiger partial charge >= 0.3 is 110 Å². The third-order valence-electron chi connectivity index (χ3n) is 0.500. The van der Waals surface area contributed by atoms with Gasteiger partial charge in [0.15, 0.2) is 0 Å². The molecule has 0 atom stereocenters. The Morgan fingerprint density at radius 1 is 0.353 bits per heavy atom. The molecule has 0 amide bonds. The maximum atomic E-state index is 9.00. The summed E-state index contributed by atoms with van der Waals surface area (Å²) >= 11 is 0. The standard InChI is InChI=1S/2Al.2Ca.5H3O5P/c;;;;5*1-5-6(2,3)4/h;;;;5*1H,(H2,2,3,4)/q2*+3;2*+2;;;;;/p-10. The summed E-state index contributed by atoms with van der Waals surface area (Å²) in [7, 11) is -25.5. The van der Waals surface area contributed by atoms with Gasteiger partial charge in [0, 0.05) is 0 Å². The third kappa shape index (κ3) is 122. The quantitative estimate of drug-likeness (QED) is 0.0771. The van der Waals surface area contributed by atoms with E-state index in [1.54, 1.807) is 0 Å². The molecule has 25 nitrogen and oxygen atoms in total. The number of hydrogen-bond acceptors (Lipinski definition) is 25. The molecule has 0 unspecified atom stereocenters. The number of rotatable bonds is 5. The molecule has 0 aromatic heterocycles. The van der Waals surface area contributed by atoms with Crippen LogP contribution >= 0.6 is 39.1 Å². The molecule has 0 bridgehead atoms. The first-order chi connectivity index (χ1) is 12.8. The summed E-state index contributed by atoms with van der Waals surface area (Å²) < 4.78 is 56.9. The summed E-state index contributed by atoms with van der Waals surface area (Å²) in [4.78, 5) is 90.0. The van der Waals surface area contributed by atoms with Crippen LogP contribution in [0.25, 0.3) is 0 Å². The Kier molecular flexibility index (Phi) is 57.2. The molecule has 5 N–H and O–H groups in total. The van der Waals surface area contributed by atoms with Gasteiger partial charge in [-0.1, -0.05) is 0 Å². The zero-order chi connectivity index (χ0) is 26.0. The predicted molar refractivity (Wildman–Crippen MR) is 79.6 cm³/mol. The van der Waals surface area contributed by atoms with Crippen molar-refractivity contribution < 1.29 is 121 Å². The number of phosphoric acid groups is 5. The maximum Gasteiger partial charge on any atom is 3.00 e. The van der Waals surface area contributed by atoms with Crippen LogP contribution in [0.2, 0.25) is 0 Å². The Labute approximate surface area is 267 Å². The zero-order valence-electron chi connectivity index (χ0n) is 15.2. The molecular formula is H5Al2Ca2O25P5. The molecule has 0 aliphatic rings. The van der Waals surface area contributed by atoms with E-state index in [9.17, 15) is 0 Å². The second-order valence-corrected chi connectivity index (χ2v) is 7.93. The van der Waals surface area contributed by atoms with Crippen molar-refractivity contribution in [2.24, 2.45) is 0 Å². The van der Waals surface area contributed by atoms with E-state index in [0.717, 1.165) is 0 Å². The van der Waals surface area contributed by atoms with Gasteiger partial charge in [0.2, 0.25) is 0 Å². The fraction of sp³-hybridized carbons (Fsp3) is 0. The molecule has 0 spiro atoms. The molecule has 0 aromatic rings. The van der Waals surface area contributed by atoms with Gasteiger partial charge in [0.1, 0.15) is 0 Å². The molecule has 0 aliphatic carbocycles. The normalized spacial score (nSPS) is 10.4. The van der Waals surface area contributed by atoms with Crippen LogP contribution in [0.5, 0.6) is 0 Å². The van der Waals surface area contributed by atoms with E-state index in [1.807, 2.05) is 0 Å². The molecular weight excluding hydrogens is 689 g/mol. The van der Waals surface area contributed by atoms with Crippen LogP contribution in [0.15, 0.2) is 0 Å². The average Bonchev–Trinajstić information content (AvgIpc) is 2.54. The maximum absolute atomic E-state index is 9.00. The van der Waals surface area contributed by atoms with Crippen LogP contribution in [0.4, 0.5) is 0 Å². The zero-order valence-corrected chi connectivity index (χ0v) is 26.4. The van der Waals surface area contributed by atoms with E-state index in [4.69, 9.17) is 98.0 Å². The first-order valence-electron chi connectivity index (χ1n) is 4.56. The Hall–Kier alpha value is 3.93. The molecule has 0 saturated carbocycles. The van der Waals surface area contributed by atoms with Crippen molar-refractivity contribution >= 4 is 149 Å². The van der Waals surface area contributed by atoms with Gasteiger partial charge in [-0.05, 0) is 0 Å². The van der Waals surface area contributed by atoms with E-state index in [0.29, 0.717) is 0 Å². The van der Waals surface area contributed by atoms with Crippen molar-refractivity contribution in [3.8, 4) is 0 Å². The van der Waals surface area contributed by atoms with Gasteiger partial charge in [-0.15, -0.1) is 0 Å². The average molecular weight is 694 g/mol. The summed E-state index contributed by atoms with van der Waals surface area (Å²) in [6.45, 7) is 0. The molecule has 0 saturated heterocycles. The van der Waals surface area contributed by atoms with Gasteiger partial charge in [-0.25, -0.2) is 49.7 Å². The van der Waals surface area contributed by atoms with Gasteiger partial charge < -0.3 is 71.8 Å².